The van der Waals surface area contributed by atoms with E-state index in [1.165, 1.54) is 0 Å². The molecule has 0 radical (unpaired) electrons. The second kappa shape index (κ2) is 5.50. The average Bonchev–Trinajstić information content (AvgIpc) is 2.80. The molecule has 0 atom stereocenters. The van der Waals surface area contributed by atoms with Crippen molar-refractivity contribution in [2.45, 2.75) is 13.0 Å². The molecule has 1 aromatic heterocycles. The lowest BCUT2D eigenvalue weighted by molar-refractivity contribution is -0.136. The summed E-state index contributed by atoms with van der Waals surface area (Å²) in [7, 11) is 0. The highest BCUT2D eigenvalue weighted by Gasteiger charge is 2.07. The predicted molar refractivity (Wildman–Crippen MR) is 66.4 cm³/mol. The average molecular weight is 248 g/mol. The third-order valence-electron chi connectivity index (χ3n) is 2.26. The van der Waals surface area contributed by atoms with Gasteiger partial charge in [0.1, 0.15) is 12.4 Å². The van der Waals surface area contributed by atoms with Crippen LogP contribution in [-0.2, 0) is 17.8 Å². The molecule has 1 aromatic carbocycles. The van der Waals surface area contributed by atoms with E-state index in [1.54, 1.807) is 23.5 Å². The van der Waals surface area contributed by atoms with E-state index < -0.39 is 5.97 Å². The number of ether oxygens (including phenoxy) is 1. The van der Waals surface area contributed by atoms with Crippen LogP contribution in [0.3, 0.4) is 0 Å². The number of aliphatic carboxylic acids is 1. The van der Waals surface area contributed by atoms with E-state index in [0.29, 0.717) is 17.9 Å². The number of carboxylic acids is 1. The molecule has 0 aliphatic carbocycles. The van der Waals surface area contributed by atoms with E-state index in [-0.39, 0.29) is 6.42 Å². The molecule has 0 aliphatic rings. The molecule has 0 aliphatic heterocycles. The van der Waals surface area contributed by atoms with Crippen LogP contribution in [-0.4, -0.2) is 11.1 Å². The molecule has 0 bridgehead atoms. The number of thiophene rings is 1. The van der Waals surface area contributed by atoms with Gasteiger partial charge in [0.05, 0.1) is 6.42 Å². The largest absolute Gasteiger partial charge is 0.488 e. The van der Waals surface area contributed by atoms with Crippen molar-refractivity contribution in [3.8, 4) is 5.75 Å². The summed E-state index contributed by atoms with van der Waals surface area (Å²) in [6.07, 6.45) is -0.0133. The van der Waals surface area contributed by atoms with Gasteiger partial charge in [0.25, 0.3) is 0 Å². The Kier molecular flexibility index (Phi) is 3.77. The SMILES string of the molecule is O=C(O)Cc1ccccc1OCc1cccs1. The highest BCUT2D eigenvalue weighted by molar-refractivity contribution is 7.09. The second-order valence-corrected chi connectivity index (χ2v) is 4.58. The molecular weight excluding hydrogens is 236 g/mol. The third-order valence-corrected chi connectivity index (χ3v) is 3.11. The van der Waals surface area contributed by atoms with E-state index in [0.717, 1.165) is 4.88 Å². The van der Waals surface area contributed by atoms with Crippen molar-refractivity contribution in [1.29, 1.82) is 0 Å². The van der Waals surface area contributed by atoms with E-state index in [1.807, 2.05) is 29.6 Å². The van der Waals surface area contributed by atoms with Gasteiger partial charge in [0.2, 0.25) is 0 Å². The zero-order chi connectivity index (χ0) is 12.1. The summed E-state index contributed by atoms with van der Waals surface area (Å²) in [6, 6.07) is 11.2. The Balaban J connectivity index is 2.06. The monoisotopic (exact) mass is 248 g/mol. The molecule has 0 amide bonds. The summed E-state index contributed by atoms with van der Waals surface area (Å²) in [4.78, 5) is 11.8. The first-order chi connectivity index (χ1) is 8.25. The van der Waals surface area contributed by atoms with Gasteiger partial charge in [-0.05, 0) is 17.5 Å². The van der Waals surface area contributed by atoms with Gasteiger partial charge in [-0.1, -0.05) is 24.3 Å². The Bertz CT molecular complexity index is 491. The van der Waals surface area contributed by atoms with E-state index in [4.69, 9.17) is 9.84 Å². The smallest absolute Gasteiger partial charge is 0.307 e. The molecule has 0 fully saturated rings. The van der Waals surface area contributed by atoms with Crippen molar-refractivity contribution in [3.05, 3.63) is 52.2 Å². The van der Waals surface area contributed by atoms with Gasteiger partial charge in [-0.3, -0.25) is 4.79 Å². The summed E-state index contributed by atoms with van der Waals surface area (Å²) in [5.74, 6) is -0.208. The van der Waals surface area contributed by atoms with Crippen LogP contribution in [0.5, 0.6) is 5.75 Å². The second-order valence-electron chi connectivity index (χ2n) is 3.55. The van der Waals surface area contributed by atoms with Crippen molar-refractivity contribution >= 4 is 17.3 Å². The van der Waals surface area contributed by atoms with Gasteiger partial charge in [0.15, 0.2) is 0 Å². The highest BCUT2D eigenvalue weighted by Crippen LogP contribution is 2.21. The maximum atomic E-state index is 10.7. The molecule has 1 heterocycles. The van der Waals surface area contributed by atoms with Crippen molar-refractivity contribution in [3.63, 3.8) is 0 Å². The van der Waals surface area contributed by atoms with Crippen LogP contribution in [0.4, 0.5) is 0 Å². The van der Waals surface area contributed by atoms with Crippen molar-refractivity contribution in [1.82, 2.24) is 0 Å². The lowest BCUT2D eigenvalue weighted by Crippen LogP contribution is -2.03. The minimum atomic E-state index is -0.850. The molecule has 0 unspecified atom stereocenters. The fourth-order valence-electron chi connectivity index (χ4n) is 1.50. The molecule has 4 heteroatoms. The molecule has 2 rings (SSSR count). The van der Waals surface area contributed by atoms with Gasteiger partial charge < -0.3 is 9.84 Å². The molecule has 0 spiro atoms. The fourth-order valence-corrected chi connectivity index (χ4v) is 2.11. The van der Waals surface area contributed by atoms with Gasteiger partial charge >= 0.3 is 5.97 Å². The molecule has 17 heavy (non-hydrogen) atoms. The fraction of sp³-hybridized carbons (Fsp3) is 0.154. The van der Waals surface area contributed by atoms with Crippen molar-refractivity contribution in [2.24, 2.45) is 0 Å². The molecule has 0 saturated heterocycles. The Morgan fingerprint density at radius 2 is 2.06 bits per heavy atom. The summed E-state index contributed by atoms with van der Waals surface area (Å²) >= 11 is 1.62. The molecule has 2 aromatic rings. The number of rotatable bonds is 5. The molecule has 0 saturated carbocycles. The van der Waals surface area contributed by atoms with E-state index in [9.17, 15) is 4.79 Å². The predicted octanol–water partition coefficient (Wildman–Crippen LogP) is 2.95. The van der Waals surface area contributed by atoms with Crippen LogP contribution >= 0.6 is 11.3 Å². The van der Waals surface area contributed by atoms with Crippen molar-refractivity contribution < 1.29 is 14.6 Å². The minimum absolute atomic E-state index is 0.0133. The van der Waals surface area contributed by atoms with Crippen LogP contribution < -0.4 is 4.74 Å². The quantitative estimate of drug-likeness (QED) is 0.884. The van der Waals surface area contributed by atoms with Gasteiger partial charge in [-0.2, -0.15) is 0 Å². The van der Waals surface area contributed by atoms with Crippen LogP contribution in [0.2, 0.25) is 0 Å². The molecular formula is C13H12O3S. The zero-order valence-electron chi connectivity index (χ0n) is 9.13. The van der Waals surface area contributed by atoms with Gasteiger partial charge in [-0.25, -0.2) is 0 Å². The van der Waals surface area contributed by atoms with Crippen molar-refractivity contribution in [2.75, 3.05) is 0 Å². The first-order valence-electron chi connectivity index (χ1n) is 5.20. The standard InChI is InChI=1S/C13H12O3S/c14-13(15)8-10-4-1-2-6-12(10)16-9-11-5-3-7-17-11/h1-7H,8-9H2,(H,14,15). The maximum Gasteiger partial charge on any atom is 0.307 e. The summed E-state index contributed by atoms with van der Waals surface area (Å²) < 4.78 is 5.63. The highest BCUT2D eigenvalue weighted by atomic mass is 32.1. The lowest BCUT2D eigenvalue weighted by atomic mass is 10.1. The summed E-state index contributed by atoms with van der Waals surface area (Å²) in [6.45, 7) is 0.480. The Labute approximate surface area is 103 Å². The molecule has 3 nitrogen and oxygen atoms in total. The first-order valence-corrected chi connectivity index (χ1v) is 6.08. The van der Waals surface area contributed by atoms with E-state index in [2.05, 4.69) is 0 Å². The first kappa shape index (κ1) is 11.7. The minimum Gasteiger partial charge on any atom is -0.488 e. The normalized spacial score (nSPS) is 10.1. The Morgan fingerprint density at radius 3 is 2.76 bits per heavy atom. The number of para-hydroxylation sites is 1. The van der Waals surface area contributed by atoms with Crippen LogP contribution in [0.25, 0.3) is 0 Å². The van der Waals surface area contributed by atoms with Gasteiger partial charge in [0, 0.05) is 10.4 Å². The topological polar surface area (TPSA) is 46.5 Å². The number of carboxylic acid groups (broad SMARTS) is 1. The van der Waals surface area contributed by atoms with Crippen LogP contribution in [0, 0.1) is 0 Å². The molecule has 88 valence electrons. The Morgan fingerprint density at radius 1 is 1.24 bits per heavy atom. The lowest BCUT2D eigenvalue weighted by Gasteiger charge is -2.09. The maximum absolute atomic E-state index is 10.7. The van der Waals surface area contributed by atoms with Gasteiger partial charge in [-0.15, -0.1) is 11.3 Å². The number of hydrogen-bond acceptors (Lipinski definition) is 3. The summed E-state index contributed by atoms with van der Waals surface area (Å²) in [5, 5.41) is 10.8. The zero-order valence-corrected chi connectivity index (χ0v) is 9.94. The number of hydrogen-bond donors (Lipinski definition) is 1. The number of carbonyl (C=O) groups is 1. The third kappa shape index (κ3) is 3.32. The van der Waals surface area contributed by atoms with Crippen LogP contribution in [0.1, 0.15) is 10.4 Å². The molecule has 1 N–H and O–H groups in total. The number of benzene rings is 1. The Hall–Kier alpha value is -1.81. The van der Waals surface area contributed by atoms with E-state index >= 15 is 0 Å². The summed E-state index contributed by atoms with van der Waals surface area (Å²) in [5.41, 5.74) is 0.705. The van der Waals surface area contributed by atoms with Crippen LogP contribution in [0.15, 0.2) is 41.8 Å².